The molecule has 2 heterocycles. The van der Waals surface area contributed by atoms with E-state index in [1.165, 1.54) is 0 Å². The van der Waals surface area contributed by atoms with Crippen LogP contribution in [0.4, 0.5) is 5.82 Å². The molecule has 1 fully saturated rings. The van der Waals surface area contributed by atoms with Crippen molar-refractivity contribution >= 4 is 23.5 Å². The maximum absolute atomic E-state index is 13.2. The van der Waals surface area contributed by atoms with Gasteiger partial charge in [0.25, 0.3) is 5.91 Å². The molecule has 34 heavy (non-hydrogen) atoms. The van der Waals surface area contributed by atoms with E-state index in [-0.39, 0.29) is 29.4 Å². The van der Waals surface area contributed by atoms with Gasteiger partial charge in [0.2, 0.25) is 0 Å². The van der Waals surface area contributed by atoms with Crippen LogP contribution in [0.15, 0.2) is 66.9 Å². The van der Waals surface area contributed by atoms with Crippen molar-refractivity contribution in [3.05, 3.63) is 94.7 Å². The lowest BCUT2D eigenvalue weighted by molar-refractivity contribution is -0.134. The summed E-state index contributed by atoms with van der Waals surface area (Å²) in [5.74, 6) is -0.307. The molecule has 4 rings (SSSR count). The standard InChI is InChI=1S/C27H27N3O4/c1-19-10-11-20(2)23(17-19)26(32)21-7-3-4-8-22(21)27(33)34-18-25(31)30-15-13-29(14-16-30)24-9-5-6-12-28-24/h3-12,17H,13-16,18H2,1-2H3. The summed E-state index contributed by atoms with van der Waals surface area (Å²) in [5.41, 5.74) is 2.75. The summed E-state index contributed by atoms with van der Waals surface area (Å²) in [4.78, 5) is 46.8. The molecule has 7 heteroatoms. The van der Waals surface area contributed by atoms with Gasteiger partial charge in [-0.1, -0.05) is 42.0 Å². The Morgan fingerprint density at radius 1 is 0.853 bits per heavy atom. The number of anilines is 1. The Morgan fingerprint density at radius 3 is 2.26 bits per heavy atom. The molecule has 1 aliphatic rings. The first-order valence-electron chi connectivity index (χ1n) is 11.3. The largest absolute Gasteiger partial charge is 0.452 e. The molecule has 0 atom stereocenters. The van der Waals surface area contributed by atoms with Crippen molar-refractivity contribution in [2.45, 2.75) is 13.8 Å². The number of aryl methyl sites for hydroxylation is 2. The number of nitrogens with zero attached hydrogens (tertiary/aromatic N) is 3. The lowest BCUT2D eigenvalue weighted by Crippen LogP contribution is -2.50. The van der Waals surface area contributed by atoms with E-state index < -0.39 is 5.97 Å². The molecule has 1 saturated heterocycles. The maximum atomic E-state index is 13.2. The zero-order valence-electron chi connectivity index (χ0n) is 19.4. The predicted molar refractivity (Wildman–Crippen MR) is 129 cm³/mol. The first-order chi connectivity index (χ1) is 16.4. The van der Waals surface area contributed by atoms with Gasteiger partial charge in [-0.15, -0.1) is 0 Å². The van der Waals surface area contributed by atoms with Crippen LogP contribution < -0.4 is 4.90 Å². The van der Waals surface area contributed by atoms with Crippen molar-refractivity contribution in [2.24, 2.45) is 0 Å². The topological polar surface area (TPSA) is 79.8 Å². The lowest BCUT2D eigenvalue weighted by atomic mass is 9.94. The second kappa shape index (κ2) is 10.3. The number of carbonyl (C=O) groups excluding carboxylic acids is 3. The molecular weight excluding hydrogens is 430 g/mol. The van der Waals surface area contributed by atoms with Crippen LogP contribution in [0.5, 0.6) is 0 Å². The van der Waals surface area contributed by atoms with E-state index in [1.807, 2.05) is 50.2 Å². The molecule has 7 nitrogen and oxygen atoms in total. The molecule has 1 aromatic heterocycles. The van der Waals surface area contributed by atoms with Gasteiger partial charge in [-0.3, -0.25) is 9.59 Å². The minimum absolute atomic E-state index is 0.154. The molecule has 0 bridgehead atoms. The normalized spacial score (nSPS) is 13.5. The summed E-state index contributed by atoms with van der Waals surface area (Å²) in [5, 5.41) is 0. The van der Waals surface area contributed by atoms with E-state index in [0.29, 0.717) is 31.7 Å². The summed E-state index contributed by atoms with van der Waals surface area (Å²) in [7, 11) is 0. The van der Waals surface area contributed by atoms with Crippen LogP contribution >= 0.6 is 0 Å². The molecular formula is C27H27N3O4. The first-order valence-corrected chi connectivity index (χ1v) is 11.3. The van der Waals surface area contributed by atoms with Crippen molar-refractivity contribution in [3.8, 4) is 0 Å². The van der Waals surface area contributed by atoms with Gasteiger partial charge in [0.05, 0.1) is 5.56 Å². The number of ketones is 1. The molecule has 0 unspecified atom stereocenters. The van der Waals surface area contributed by atoms with E-state index in [4.69, 9.17) is 4.74 Å². The van der Waals surface area contributed by atoms with Gasteiger partial charge in [-0.25, -0.2) is 9.78 Å². The van der Waals surface area contributed by atoms with Gasteiger partial charge >= 0.3 is 5.97 Å². The summed E-state index contributed by atoms with van der Waals surface area (Å²) in [6.07, 6.45) is 1.75. The Balaban J connectivity index is 1.38. The summed E-state index contributed by atoms with van der Waals surface area (Å²) >= 11 is 0. The number of ether oxygens (including phenoxy) is 1. The molecule has 0 aliphatic carbocycles. The van der Waals surface area contributed by atoms with Crippen LogP contribution in [0.25, 0.3) is 0 Å². The number of aromatic nitrogens is 1. The van der Waals surface area contributed by atoms with E-state index in [1.54, 1.807) is 35.4 Å². The number of amides is 1. The molecule has 1 amide bonds. The second-order valence-electron chi connectivity index (χ2n) is 8.32. The highest BCUT2D eigenvalue weighted by molar-refractivity contribution is 6.15. The fourth-order valence-electron chi connectivity index (χ4n) is 4.01. The van der Waals surface area contributed by atoms with Gasteiger partial charge in [-0.05, 0) is 43.7 Å². The van der Waals surface area contributed by atoms with E-state index in [9.17, 15) is 14.4 Å². The van der Waals surface area contributed by atoms with Crippen molar-refractivity contribution in [3.63, 3.8) is 0 Å². The Labute approximate surface area is 199 Å². The van der Waals surface area contributed by atoms with E-state index in [2.05, 4.69) is 9.88 Å². The fourth-order valence-corrected chi connectivity index (χ4v) is 4.01. The minimum Gasteiger partial charge on any atom is -0.452 e. The Hall–Kier alpha value is -4.00. The van der Waals surface area contributed by atoms with E-state index >= 15 is 0 Å². The van der Waals surface area contributed by atoms with Crippen molar-refractivity contribution in [2.75, 3.05) is 37.7 Å². The lowest BCUT2D eigenvalue weighted by Gasteiger charge is -2.35. The van der Waals surface area contributed by atoms with E-state index in [0.717, 1.165) is 16.9 Å². The van der Waals surface area contributed by atoms with Crippen LogP contribution in [-0.2, 0) is 9.53 Å². The monoisotopic (exact) mass is 457 g/mol. The molecule has 0 radical (unpaired) electrons. The fraction of sp³-hybridized carbons (Fsp3) is 0.259. The Bertz CT molecular complexity index is 1200. The van der Waals surface area contributed by atoms with Crippen LogP contribution in [0.2, 0.25) is 0 Å². The molecule has 0 spiro atoms. The first kappa shape index (κ1) is 23.2. The van der Waals surface area contributed by atoms with Gasteiger partial charge in [0.1, 0.15) is 5.82 Å². The number of rotatable bonds is 6. The summed E-state index contributed by atoms with van der Waals surface area (Å²) in [6, 6.07) is 17.9. The van der Waals surface area contributed by atoms with Gasteiger partial charge < -0.3 is 14.5 Å². The molecule has 2 aromatic carbocycles. The van der Waals surface area contributed by atoms with Crippen LogP contribution in [-0.4, -0.2) is 60.3 Å². The highest BCUT2D eigenvalue weighted by atomic mass is 16.5. The number of hydrogen-bond donors (Lipinski definition) is 0. The third kappa shape index (κ3) is 5.14. The number of piperazine rings is 1. The zero-order valence-corrected chi connectivity index (χ0v) is 19.4. The molecule has 174 valence electrons. The number of carbonyl (C=O) groups is 3. The van der Waals surface area contributed by atoms with Crippen LogP contribution in [0, 0.1) is 13.8 Å². The third-order valence-electron chi connectivity index (χ3n) is 5.96. The van der Waals surface area contributed by atoms with Crippen molar-refractivity contribution in [1.29, 1.82) is 0 Å². The number of esters is 1. The van der Waals surface area contributed by atoms with Crippen molar-refractivity contribution < 1.29 is 19.1 Å². The smallest absolute Gasteiger partial charge is 0.339 e. The summed E-state index contributed by atoms with van der Waals surface area (Å²) < 4.78 is 5.33. The van der Waals surface area contributed by atoms with Gasteiger partial charge in [0, 0.05) is 43.5 Å². The molecule has 3 aromatic rings. The Morgan fingerprint density at radius 2 is 1.56 bits per heavy atom. The van der Waals surface area contributed by atoms with Crippen LogP contribution in [0.1, 0.15) is 37.4 Å². The van der Waals surface area contributed by atoms with Gasteiger partial charge in [-0.2, -0.15) is 0 Å². The Kier molecular flexibility index (Phi) is 7.01. The second-order valence-corrected chi connectivity index (χ2v) is 8.32. The number of hydrogen-bond acceptors (Lipinski definition) is 6. The zero-order chi connectivity index (χ0) is 24.1. The van der Waals surface area contributed by atoms with Crippen molar-refractivity contribution in [1.82, 2.24) is 9.88 Å². The number of pyridine rings is 1. The average molecular weight is 458 g/mol. The molecule has 0 N–H and O–H groups in total. The number of benzene rings is 2. The third-order valence-corrected chi connectivity index (χ3v) is 5.96. The molecule has 0 saturated carbocycles. The average Bonchev–Trinajstić information content (AvgIpc) is 2.88. The summed E-state index contributed by atoms with van der Waals surface area (Å²) in [6.45, 7) is 5.77. The highest BCUT2D eigenvalue weighted by Gasteiger charge is 2.24. The quantitative estimate of drug-likeness (QED) is 0.417. The van der Waals surface area contributed by atoms with Crippen LogP contribution in [0.3, 0.4) is 0 Å². The molecule has 1 aliphatic heterocycles. The highest BCUT2D eigenvalue weighted by Crippen LogP contribution is 2.20. The maximum Gasteiger partial charge on any atom is 0.339 e. The minimum atomic E-state index is -0.685. The SMILES string of the molecule is Cc1ccc(C)c(C(=O)c2ccccc2C(=O)OCC(=O)N2CCN(c3ccccn3)CC2)c1. The van der Waals surface area contributed by atoms with Gasteiger partial charge in [0.15, 0.2) is 12.4 Å². The predicted octanol–water partition coefficient (Wildman–Crippen LogP) is 3.44.